The fraction of sp³-hybridized carbons (Fsp3) is 1.00. The molecule has 0 fully saturated rings. The van der Waals surface area contributed by atoms with E-state index in [1.807, 2.05) is 20.8 Å². The van der Waals surface area contributed by atoms with E-state index in [4.69, 9.17) is 0 Å². The van der Waals surface area contributed by atoms with Gasteiger partial charge in [0.25, 0.3) is 0 Å². The molecular formula is C21H45NdO9P3+3. The summed E-state index contributed by atoms with van der Waals surface area (Å²) >= 11 is 0. The normalized spacial score (nSPS) is 14.2. The maximum atomic E-state index is 9.99. The molecule has 0 aromatic carbocycles. The van der Waals surface area contributed by atoms with Crippen molar-refractivity contribution in [2.24, 2.45) is 17.8 Å². The molecule has 199 valence electrons. The average molecular weight is 679 g/mol. The van der Waals surface area contributed by atoms with E-state index >= 15 is 0 Å². The molecule has 0 saturated carbocycles. The molecule has 0 saturated heterocycles. The van der Waals surface area contributed by atoms with Crippen LogP contribution in [0.5, 0.6) is 0 Å². The van der Waals surface area contributed by atoms with Gasteiger partial charge < -0.3 is 14.7 Å². The maximum Gasteiger partial charge on any atom is 3.00 e. The summed E-state index contributed by atoms with van der Waals surface area (Å²) in [5.41, 5.74) is 0. The van der Waals surface area contributed by atoms with Gasteiger partial charge in [-0.05, 0) is 50.7 Å². The van der Waals surface area contributed by atoms with Crippen molar-refractivity contribution >= 4 is 24.8 Å². The Morgan fingerprint density at radius 3 is 0.912 bits per heavy atom. The van der Waals surface area contributed by atoms with Gasteiger partial charge in [-0.3, -0.25) is 0 Å². The fourth-order valence-electron chi connectivity index (χ4n) is 2.47. The summed E-state index contributed by atoms with van der Waals surface area (Å²) in [7, 11) is -7.94. The molecule has 9 nitrogen and oxygen atoms in total. The minimum absolute atomic E-state index is 0. The van der Waals surface area contributed by atoms with Crippen molar-refractivity contribution in [3.63, 3.8) is 0 Å². The standard InChI is InChI=1S/3C7H15O3P.Nd/c3*1-3-4-5-7(2)6-10-11(8)9;/h3*7H,3-6H2,1-2H3;/q;;;+3. The van der Waals surface area contributed by atoms with Crippen molar-refractivity contribution in [3.05, 3.63) is 0 Å². The van der Waals surface area contributed by atoms with Crippen LogP contribution in [-0.2, 0) is 27.3 Å². The third-order valence-electron chi connectivity index (χ3n) is 4.54. The predicted molar refractivity (Wildman–Crippen MR) is 127 cm³/mol. The second-order valence-corrected chi connectivity index (χ2v) is 10.4. The summed E-state index contributed by atoms with van der Waals surface area (Å²) < 4.78 is 43.3. The second kappa shape index (κ2) is 32.4. The van der Waals surface area contributed by atoms with Gasteiger partial charge in [-0.1, -0.05) is 80.1 Å². The van der Waals surface area contributed by atoms with E-state index in [0.29, 0.717) is 37.6 Å². The monoisotopic (exact) mass is 676 g/mol. The van der Waals surface area contributed by atoms with Gasteiger partial charge in [0.1, 0.15) is 19.8 Å². The largest absolute Gasteiger partial charge is 3.00 e. The van der Waals surface area contributed by atoms with E-state index in [0.717, 1.165) is 57.8 Å². The molecule has 0 N–H and O–H groups in total. The van der Waals surface area contributed by atoms with E-state index in [2.05, 4.69) is 34.3 Å². The Balaban J connectivity index is -0.000000196. The van der Waals surface area contributed by atoms with Crippen LogP contribution in [0.1, 0.15) is 99.3 Å². The summed E-state index contributed by atoms with van der Waals surface area (Å²) in [4.78, 5) is 30.0. The molecule has 0 aromatic heterocycles. The molecule has 0 rings (SSSR count). The number of hydrogen-bond donors (Lipinski definition) is 0. The number of hydrogen-bond acceptors (Lipinski definition) is 9. The van der Waals surface area contributed by atoms with Crippen molar-refractivity contribution in [3.8, 4) is 0 Å². The zero-order valence-corrected chi connectivity index (χ0v) is 27.6. The van der Waals surface area contributed by atoms with Gasteiger partial charge in [0.2, 0.25) is 0 Å². The molecule has 34 heavy (non-hydrogen) atoms. The van der Waals surface area contributed by atoms with Crippen LogP contribution in [0.2, 0.25) is 0 Å². The van der Waals surface area contributed by atoms with Crippen LogP contribution in [-0.4, -0.2) is 19.8 Å². The van der Waals surface area contributed by atoms with Crippen LogP contribution < -0.4 is 14.7 Å². The minimum Gasteiger partial charge on any atom is -0.566 e. The first-order valence-electron chi connectivity index (χ1n) is 11.8. The number of rotatable bonds is 18. The zero-order valence-electron chi connectivity index (χ0n) is 21.7. The molecule has 0 aliphatic heterocycles. The molecule has 1 radical (unpaired) electrons. The summed E-state index contributed by atoms with van der Waals surface area (Å²) in [6.45, 7) is 13.3. The van der Waals surface area contributed by atoms with E-state index in [9.17, 15) is 28.4 Å². The van der Waals surface area contributed by atoms with Gasteiger partial charge in [-0.25, -0.2) is 0 Å². The summed E-state index contributed by atoms with van der Waals surface area (Å²) in [5, 5.41) is 0. The van der Waals surface area contributed by atoms with Gasteiger partial charge in [0.05, 0.1) is 0 Å². The Bertz CT molecular complexity index is 422. The molecule has 13 heteroatoms. The third kappa shape index (κ3) is 43.5. The van der Waals surface area contributed by atoms with Gasteiger partial charge in [-0.15, -0.1) is 13.6 Å². The van der Waals surface area contributed by atoms with Crippen LogP contribution in [0.15, 0.2) is 0 Å². The Hall–Kier alpha value is 1.41. The van der Waals surface area contributed by atoms with Crippen LogP contribution in [0.3, 0.4) is 0 Å². The molecule has 0 spiro atoms. The first-order valence-corrected chi connectivity index (χ1v) is 15.1. The zero-order chi connectivity index (χ0) is 26.1. The van der Waals surface area contributed by atoms with E-state index in [1.54, 1.807) is 0 Å². The third-order valence-corrected chi connectivity index (χ3v) is 5.62. The number of unbranched alkanes of at least 4 members (excludes halogenated alkanes) is 3. The molecule has 0 aromatic rings. The van der Waals surface area contributed by atoms with Crippen molar-refractivity contribution < 1.29 is 82.8 Å². The van der Waals surface area contributed by atoms with E-state index < -0.39 is 24.8 Å². The molecular weight excluding hydrogens is 633 g/mol. The fourth-order valence-corrected chi connectivity index (χ4v) is 3.60. The summed E-state index contributed by atoms with van der Waals surface area (Å²) in [6.07, 6.45) is 9.98. The summed E-state index contributed by atoms with van der Waals surface area (Å²) in [5.74, 6) is 1.05. The van der Waals surface area contributed by atoms with Crippen LogP contribution in [0.25, 0.3) is 0 Å². The Kier molecular flexibility index (Phi) is 40.5. The van der Waals surface area contributed by atoms with Gasteiger partial charge in [0.15, 0.2) is 0 Å². The molecule has 0 amide bonds. The first-order chi connectivity index (χ1) is 15.5. The Labute approximate surface area is 242 Å². The quantitative estimate of drug-likeness (QED) is 0.170. The minimum atomic E-state index is -2.65. The van der Waals surface area contributed by atoms with Crippen LogP contribution in [0.4, 0.5) is 0 Å². The smallest absolute Gasteiger partial charge is 0.566 e. The van der Waals surface area contributed by atoms with Gasteiger partial charge >= 0.3 is 65.6 Å². The summed E-state index contributed by atoms with van der Waals surface area (Å²) in [6, 6.07) is 0. The SMILES string of the molecule is CCCCC(C)CO[P+](=O)[O-].CCCCC(C)CO[P+](=O)[O-].CCCCC(C)CO[P+](=O)[O-].[Nd+3]. The van der Waals surface area contributed by atoms with Gasteiger partial charge in [-0.2, -0.15) is 0 Å². The maximum absolute atomic E-state index is 9.99. The van der Waals surface area contributed by atoms with Crippen LogP contribution >= 0.6 is 24.8 Å². The molecule has 6 unspecified atom stereocenters. The first kappa shape index (κ1) is 42.5. The predicted octanol–water partition coefficient (Wildman–Crippen LogP) is 5.54. The molecule has 0 aliphatic rings. The van der Waals surface area contributed by atoms with Crippen molar-refractivity contribution in [1.82, 2.24) is 0 Å². The van der Waals surface area contributed by atoms with Crippen molar-refractivity contribution in [1.29, 1.82) is 0 Å². The van der Waals surface area contributed by atoms with Crippen molar-refractivity contribution in [2.75, 3.05) is 19.8 Å². The average Bonchev–Trinajstić information content (AvgIpc) is 2.76. The topological polar surface area (TPSA) is 148 Å². The Morgan fingerprint density at radius 2 is 0.765 bits per heavy atom. The van der Waals surface area contributed by atoms with E-state index in [1.165, 1.54) is 0 Å². The Morgan fingerprint density at radius 1 is 0.559 bits per heavy atom. The molecule has 6 atom stereocenters. The van der Waals surface area contributed by atoms with Crippen LogP contribution in [0, 0.1) is 58.6 Å². The second-order valence-electron chi connectivity index (χ2n) is 8.30. The van der Waals surface area contributed by atoms with Gasteiger partial charge in [0, 0.05) is 0 Å². The van der Waals surface area contributed by atoms with E-state index in [-0.39, 0.29) is 40.8 Å². The molecule has 0 aliphatic carbocycles. The molecule has 0 bridgehead atoms. The molecule has 0 heterocycles. The van der Waals surface area contributed by atoms with Crippen molar-refractivity contribution in [2.45, 2.75) is 99.3 Å².